The number of carbonyl (C=O) groups excluding carboxylic acids is 1. The van der Waals surface area contributed by atoms with Gasteiger partial charge in [-0.3, -0.25) is 4.79 Å². The van der Waals surface area contributed by atoms with Crippen molar-refractivity contribution in [2.24, 2.45) is 0 Å². The lowest BCUT2D eigenvalue weighted by Gasteiger charge is -2.06. The summed E-state index contributed by atoms with van der Waals surface area (Å²) in [7, 11) is 0. The average Bonchev–Trinajstić information content (AvgIpc) is 1.98. The van der Waals surface area contributed by atoms with Gasteiger partial charge in [0.05, 0.1) is 13.2 Å². The van der Waals surface area contributed by atoms with E-state index in [1.165, 1.54) is 0 Å². The average molecular weight is 149 g/mol. The Bertz CT molecular complexity index is 106. The number of hydrogen-bond acceptors (Lipinski definition) is 4. The fraction of sp³-hybridized carbons (Fsp3) is 0.800. The molecule has 0 aromatic rings. The zero-order chi connectivity index (χ0) is 7.98. The molecule has 0 saturated carbocycles. The van der Waals surface area contributed by atoms with Crippen molar-refractivity contribution in [3.05, 3.63) is 0 Å². The highest BCUT2D eigenvalue weighted by Crippen LogP contribution is 1.78. The maximum Gasteiger partial charge on any atom is 0.251 e. The van der Waals surface area contributed by atoms with Crippen molar-refractivity contribution in [3.8, 4) is 0 Å². The van der Waals surface area contributed by atoms with Crippen LogP contribution in [0.5, 0.6) is 0 Å². The van der Waals surface area contributed by atoms with E-state index in [1.807, 2.05) is 0 Å². The van der Waals surface area contributed by atoms with Gasteiger partial charge in [0.15, 0.2) is 6.10 Å². The van der Waals surface area contributed by atoms with Gasteiger partial charge in [0.2, 0.25) is 0 Å². The third-order valence-electron chi connectivity index (χ3n) is 0.887. The molecule has 0 spiro atoms. The predicted octanol–water partition coefficient (Wildman–Crippen LogP) is -2.55. The molecule has 0 radical (unpaired) electrons. The minimum absolute atomic E-state index is 0.0931. The molecule has 0 rings (SSSR count). The molecule has 0 aliphatic carbocycles. The lowest BCUT2D eigenvalue weighted by Crippen LogP contribution is -2.38. The first-order valence-corrected chi connectivity index (χ1v) is 2.90. The molecule has 0 aliphatic heterocycles. The maximum atomic E-state index is 10.5. The van der Waals surface area contributed by atoms with Crippen LogP contribution < -0.4 is 5.32 Å². The number of nitrogens with one attached hydrogen (secondary N) is 1. The van der Waals surface area contributed by atoms with Crippen LogP contribution in [0, 0.1) is 0 Å². The lowest BCUT2D eigenvalue weighted by molar-refractivity contribution is -0.131. The molecule has 0 heterocycles. The van der Waals surface area contributed by atoms with Crippen LogP contribution in [0.25, 0.3) is 0 Å². The normalized spacial score (nSPS) is 12.7. The molecule has 0 saturated heterocycles. The standard InChI is InChI=1S/C5H11NO4/c7-2-1-6-5(10)4(9)3-8/h4,7-9H,1-3H2,(H,6,10)/t4-/m0/s1. The van der Waals surface area contributed by atoms with Crippen LogP contribution in [0.2, 0.25) is 0 Å². The SMILES string of the molecule is O=C(NCCO)[C@@H](O)CO. The molecule has 60 valence electrons. The smallest absolute Gasteiger partial charge is 0.251 e. The van der Waals surface area contributed by atoms with Crippen LogP contribution in [0.4, 0.5) is 0 Å². The molecule has 5 nitrogen and oxygen atoms in total. The zero-order valence-electron chi connectivity index (χ0n) is 5.45. The predicted molar refractivity (Wildman–Crippen MR) is 33.2 cm³/mol. The molecule has 0 bridgehead atoms. The van der Waals surface area contributed by atoms with E-state index in [9.17, 15) is 4.79 Å². The Kier molecular flexibility index (Phi) is 4.82. The van der Waals surface area contributed by atoms with Crippen LogP contribution in [0.3, 0.4) is 0 Å². The first-order chi connectivity index (χ1) is 4.72. The summed E-state index contributed by atoms with van der Waals surface area (Å²) in [5, 5.41) is 27.2. The zero-order valence-corrected chi connectivity index (χ0v) is 5.45. The van der Waals surface area contributed by atoms with Crippen LogP contribution in [-0.4, -0.2) is 47.1 Å². The quantitative estimate of drug-likeness (QED) is 0.354. The van der Waals surface area contributed by atoms with Crippen LogP contribution in [-0.2, 0) is 4.79 Å². The van der Waals surface area contributed by atoms with Gasteiger partial charge in [-0.25, -0.2) is 0 Å². The lowest BCUT2D eigenvalue weighted by atomic mass is 10.3. The van der Waals surface area contributed by atoms with E-state index < -0.39 is 18.6 Å². The third-order valence-corrected chi connectivity index (χ3v) is 0.887. The van der Waals surface area contributed by atoms with E-state index in [2.05, 4.69) is 5.32 Å². The Morgan fingerprint density at radius 3 is 2.50 bits per heavy atom. The maximum absolute atomic E-state index is 10.5. The Morgan fingerprint density at radius 1 is 1.50 bits per heavy atom. The van der Waals surface area contributed by atoms with Crippen molar-refractivity contribution in [1.82, 2.24) is 5.32 Å². The molecule has 4 N–H and O–H groups in total. The van der Waals surface area contributed by atoms with Crippen molar-refractivity contribution >= 4 is 5.91 Å². The third kappa shape index (κ3) is 3.39. The van der Waals surface area contributed by atoms with Crippen LogP contribution in [0.15, 0.2) is 0 Å². The van der Waals surface area contributed by atoms with Crippen molar-refractivity contribution < 1.29 is 20.1 Å². The highest BCUT2D eigenvalue weighted by atomic mass is 16.3. The Balaban J connectivity index is 3.42. The summed E-state index contributed by atoms with van der Waals surface area (Å²) in [6, 6.07) is 0. The summed E-state index contributed by atoms with van der Waals surface area (Å²) in [5.41, 5.74) is 0. The monoisotopic (exact) mass is 149 g/mol. The van der Waals surface area contributed by atoms with Crippen LogP contribution >= 0.6 is 0 Å². The van der Waals surface area contributed by atoms with E-state index in [4.69, 9.17) is 15.3 Å². The van der Waals surface area contributed by atoms with Gasteiger partial charge in [-0.05, 0) is 0 Å². The second-order valence-corrected chi connectivity index (χ2v) is 1.71. The highest BCUT2D eigenvalue weighted by Gasteiger charge is 2.11. The van der Waals surface area contributed by atoms with E-state index in [0.717, 1.165) is 0 Å². The second kappa shape index (κ2) is 5.16. The number of hydrogen-bond donors (Lipinski definition) is 4. The molecular formula is C5H11NO4. The summed E-state index contributed by atoms with van der Waals surface area (Å²) in [6.45, 7) is -0.683. The second-order valence-electron chi connectivity index (χ2n) is 1.71. The van der Waals surface area contributed by atoms with Crippen molar-refractivity contribution in [2.45, 2.75) is 6.10 Å². The number of aliphatic hydroxyl groups is 3. The molecule has 0 fully saturated rings. The molecule has 5 heteroatoms. The minimum Gasteiger partial charge on any atom is -0.395 e. The Hall–Kier alpha value is -0.650. The molecule has 1 amide bonds. The molecule has 1 atom stereocenters. The van der Waals surface area contributed by atoms with Gasteiger partial charge in [-0.15, -0.1) is 0 Å². The summed E-state index contributed by atoms with van der Waals surface area (Å²) in [4.78, 5) is 10.5. The highest BCUT2D eigenvalue weighted by molar-refractivity contribution is 5.80. The summed E-state index contributed by atoms with van der Waals surface area (Å²) < 4.78 is 0. The van der Waals surface area contributed by atoms with Crippen molar-refractivity contribution in [2.75, 3.05) is 19.8 Å². The molecule has 0 aliphatic rings. The molecule has 0 aromatic heterocycles. The number of amides is 1. The van der Waals surface area contributed by atoms with Gasteiger partial charge < -0.3 is 20.6 Å². The topological polar surface area (TPSA) is 89.8 Å². The Labute approximate surface area is 58.3 Å². The van der Waals surface area contributed by atoms with Gasteiger partial charge in [-0.2, -0.15) is 0 Å². The van der Waals surface area contributed by atoms with E-state index in [-0.39, 0.29) is 13.2 Å². The fourth-order valence-corrected chi connectivity index (χ4v) is 0.380. The summed E-state index contributed by atoms with van der Waals surface area (Å²) >= 11 is 0. The van der Waals surface area contributed by atoms with Crippen molar-refractivity contribution in [1.29, 1.82) is 0 Å². The van der Waals surface area contributed by atoms with Crippen molar-refractivity contribution in [3.63, 3.8) is 0 Å². The van der Waals surface area contributed by atoms with Gasteiger partial charge >= 0.3 is 0 Å². The number of aliphatic hydroxyl groups excluding tert-OH is 3. The first-order valence-electron chi connectivity index (χ1n) is 2.90. The summed E-state index contributed by atoms with van der Waals surface area (Å²) in [6.07, 6.45) is -1.38. The van der Waals surface area contributed by atoms with Crippen LogP contribution in [0.1, 0.15) is 0 Å². The largest absolute Gasteiger partial charge is 0.395 e. The minimum atomic E-state index is -1.38. The van der Waals surface area contributed by atoms with Gasteiger partial charge in [0.25, 0.3) is 5.91 Å². The van der Waals surface area contributed by atoms with E-state index in [1.54, 1.807) is 0 Å². The summed E-state index contributed by atoms with van der Waals surface area (Å²) in [5.74, 6) is -0.670. The number of rotatable bonds is 4. The molecule has 10 heavy (non-hydrogen) atoms. The number of carbonyl (C=O) groups is 1. The van der Waals surface area contributed by atoms with Gasteiger partial charge in [0.1, 0.15) is 0 Å². The first kappa shape index (κ1) is 9.35. The Morgan fingerprint density at radius 2 is 2.10 bits per heavy atom. The fourth-order valence-electron chi connectivity index (χ4n) is 0.380. The van der Waals surface area contributed by atoms with E-state index in [0.29, 0.717) is 0 Å². The molecule has 0 aromatic carbocycles. The molecular weight excluding hydrogens is 138 g/mol. The van der Waals surface area contributed by atoms with E-state index >= 15 is 0 Å². The molecule has 0 unspecified atom stereocenters. The van der Waals surface area contributed by atoms with Gasteiger partial charge in [-0.1, -0.05) is 0 Å². The van der Waals surface area contributed by atoms with Gasteiger partial charge in [0, 0.05) is 6.54 Å².